The molecule has 158 valence electrons. The van der Waals surface area contributed by atoms with Gasteiger partial charge in [-0.2, -0.15) is 0 Å². The lowest BCUT2D eigenvalue weighted by molar-refractivity contribution is -0.111. The molecule has 0 unspecified atom stereocenters. The highest BCUT2D eigenvalue weighted by atomic mass is 16.2. The van der Waals surface area contributed by atoms with Crippen LogP contribution >= 0.6 is 0 Å². The van der Waals surface area contributed by atoms with E-state index in [2.05, 4.69) is 20.6 Å². The molecule has 0 atom stereocenters. The number of carbonyl (C=O) groups is 2. The number of hydrogen-bond acceptors (Lipinski definition) is 3. The maximum absolute atomic E-state index is 12.6. The summed E-state index contributed by atoms with van der Waals surface area (Å²) in [5, 5.41) is 5.90. The van der Waals surface area contributed by atoms with Gasteiger partial charge in [0.15, 0.2) is 0 Å². The van der Waals surface area contributed by atoms with Gasteiger partial charge in [0.25, 0.3) is 5.91 Å². The Morgan fingerprint density at radius 3 is 2.47 bits per heavy atom. The average molecular weight is 422 g/mol. The van der Waals surface area contributed by atoms with Crippen LogP contribution in [0.5, 0.6) is 0 Å². The number of carbonyl (C=O) groups excluding carboxylic acids is 2. The Hall–Kier alpha value is -4.19. The number of aromatic amines is 1. The Bertz CT molecular complexity index is 1280. The summed E-state index contributed by atoms with van der Waals surface area (Å²) in [6.45, 7) is 0. The van der Waals surface area contributed by atoms with Crippen molar-refractivity contribution in [2.24, 2.45) is 0 Å². The number of benzene rings is 3. The molecule has 1 fully saturated rings. The highest BCUT2D eigenvalue weighted by Crippen LogP contribution is 2.27. The van der Waals surface area contributed by atoms with Gasteiger partial charge in [0.1, 0.15) is 5.82 Å². The molecule has 0 spiro atoms. The lowest BCUT2D eigenvalue weighted by Gasteiger charge is -2.07. The highest BCUT2D eigenvalue weighted by molar-refractivity contribution is 6.04. The Labute approximate surface area is 185 Å². The van der Waals surface area contributed by atoms with Crippen LogP contribution in [0.1, 0.15) is 28.8 Å². The summed E-state index contributed by atoms with van der Waals surface area (Å²) in [7, 11) is 0. The maximum atomic E-state index is 12.6. The lowest BCUT2D eigenvalue weighted by atomic mass is 10.1. The first-order chi connectivity index (χ1) is 15.7. The van der Waals surface area contributed by atoms with Crippen molar-refractivity contribution in [1.29, 1.82) is 0 Å². The lowest BCUT2D eigenvalue weighted by Crippen LogP contribution is -2.25. The van der Waals surface area contributed by atoms with E-state index in [1.165, 1.54) is 6.08 Å². The van der Waals surface area contributed by atoms with Gasteiger partial charge in [0.2, 0.25) is 5.91 Å². The van der Waals surface area contributed by atoms with Crippen molar-refractivity contribution in [3.8, 4) is 11.4 Å². The van der Waals surface area contributed by atoms with E-state index in [9.17, 15) is 9.59 Å². The van der Waals surface area contributed by atoms with Gasteiger partial charge in [0, 0.05) is 23.2 Å². The molecule has 0 radical (unpaired) electrons. The molecule has 1 aliphatic carbocycles. The maximum Gasteiger partial charge on any atom is 0.251 e. The van der Waals surface area contributed by atoms with Crippen LogP contribution < -0.4 is 10.6 Å². The minimum Gasteiger partial charge on any atom is -0.349 e. The average Bonchev–Trinajstić information content (AvgIpc) is 3.52. The number of rotatable bonds is 6. The summed E-state index contributed by atoms with van der Waals surface area (Å²) in [6.07, 6.45) is 5.32. The van der Waals surface area contributed by atoms with Crippen LogP contribution in [-0.4, -0.2) is 27.8 Å². The molecule has 32 heavy (non-hydrogen) atoms. The molecule has 1 aliphatic rings. The normalized spacial score (nSPS) is 13.4. The highest BCUT2D eigenvalue weighted by Gasteiger charge is 2.23. The minimum absolute atomic E-state index is 0.0528. The van der Waals surface area contributed by atoms with E-state index in [4.69, 9.17) is 0 Å². The monoisotopic (exact) mass is 422 g/mol. The summed E-state index contributed by atoms with van der Waals surface area (Å²) in [5.41, 5.74) is 4.77. The quantitative estimate of drug-likeness (QED) is 0.391. The van der Waals surface area contributed by atoms with Crippen LogP contribution in [0.25, 0.3) is 28.5 Å². The molecule has 2 amide bonds. The molecular weight excluding hydrogens is 400 g/mol. The van der Waals surface area contributed by atoms with Gasteiger partial charge in [-0.25, -0.2) is 4.98 Å². The number of nitrogens with one attached hydrogen (secondary N) is 3. The number of nitrogens with zero attached hydrogens (tertiary/aromatic N) is 1. The molecular formula is C26H22N4O2. The van der Waals surface area contributed by atoms with Crippen molar-refractivity contribution in [3.63, 3.8) is 0 Å². The summed E-state index contributed by atoms with van der Waals surface area (Å²) in [6, 6.07) is 22.9. The fourth-order valence-electron chi connectivity index (χ4n) is 3.47. The number of fused-ring (bicyclic) bond motifs is 1. The summed E-state index contributed by atoms with van der Waals surface area (Å²) in [5.74, 6) is 0.401. The van der Waals surface area contributed by atoms with Crippen molar-refractivity contribution < 1.29 is 9.59 Å². The zero-order valence-electron chi connectivity index (χ0n) is 17.3. The van der Waals surface area contributed by atoms with E-state index in [0.717, 1.165) is 35.0 Å². The molecule has 3 N–H and O–H groups in total. The molecule has 1 heterocycles. The van der Waals surface area contributed by atoms with Gasteiger partial charge in [-0.05, 0) is 60.9 Å². The van der Waals surface area contributed by atoms with Crippen molar-refractivity contribution in [2.45, 2.75) is 18.9 Å². The number of hydrogen-bond donors (Lipinski definition) is 3. The predicted octanol–water partition coefficient (Wildman–Crippen LogP) is 4.77. The van der Waals surface area contributed by atoms with Crippen LogP contribution in [0.15, 0.2) is 78.9 Å². The van der Waals surface area contributed by atoms with Gasteiger partial charge < -0.3 is 15.6 Å². The van der Waals surface area contributed by atoms with Crippen LogP contribution in [0.2, 0.25) is 0 Å². The Morgan fingerprint density at radius 1 is 0.938 bits per heavy atom. The number of H-pyrrole nitrogens is 1. The topological polar surface area (TPSA) is 86.9 Å². The summed E-state index contributed by atoms with van der Waals surface area (Å²) in [4.78, 5) is 32.6. The van der Waals surface area contributed by atoms with Gasteiger partial charge in [0.05, 0.1) is 16.7 Å². The largest absolute Gasteiger partial charge is 0.349 e. The van der Waals surface area contributed by atoms with Crippen LogP contribution in [0, 0.1) is 0 Å². The number of amides is 2. The van der Waals surface area contributed by atoms with E-state index in [-0.39, 0.29) is 11.8 Å². The summed E-state index contributed by atoms with van der Waals surface area (Å²) < 4.78 is 0. The molecule has 3 aromatic carbocycles. The Morgan fingerprint density at radius 2 is 1.69 bits per heavy atom. The second-order valence-electron chi connectivity index (χ2n) is 7.84. The zero-order chi connectivity index (χ0) is 21.9. The first kappa shape index (κ1) is 19.8. The molecule has 6 nitrogen and oxygen atoms in total. The molecule has 4 aromatic rings. The zero-order valence-corrected chi connectivity index (χ0v) is 17.3. The Kier molecular flexibility index (Phi) is 5.25. The molecule has 5 rings (SSSR count). The van der Waals surface area contributed by atoms with Gasteiger partial charge >= 0.3 is 0 Å². The third-order valence-corrected chi connectivity index (χ3v) is 5.34. The molecule has 0 saturated heterocycles. The SMILES string of the molecule is O=C(C=Cc1ccc(C(=O)NC2CC2)cc1)Nc1ccccc1-c1nc2ccccc2[nH]1. The number of para-hydroxylation sites is 3. The molecule has 0 aliphatic heterocycles. The van der Waals surface area contributed by atoms with Crippen molar-refractivity contribution >= 4 is 34.6 Å². The molecule has 1 aromatic heterocycles. The molecule has 6 heteroatoms. The third kappa shape index (κ3) is 4.44. The van der Waals surface area contributed by atoms with E-state index >= 15 is 0 Å². The predicted molar refractivity (Wildman–Crippen MR) is 126 cm³/mol. The van der Waals surface area contributed by atoms with E-state index in [1.807, 2.05) is 60.7 Å². The third-order valence-electron chi connectivity index (χ3n) is 5.34. The summed E-state index contributed by atoms with van der Waals surface area (Å²) >= 11 is 0. The number of aromatic nitrogens is 2. The number of imidazole rings is 1. The van der Waals surface area contributed by atoms with Gasteiger partial charge in [-0.15, -0.1) is 0 Å². The van der Waals surface area contributed by atoms with Crippen molar-refractivity contribution in [3.05, 3.63) is 90.0 Å². The van der Waals surface area contributed by atoms with E-state index in [0.29, 0.717) is 23.1 Å². The van der Waals surface area contributed by atoms with Crippen LogP contribution in [0.4, 0.5) is 5.69 Å². The first-order valence-corrected chi connectivity index (χ1v) is 10.6. The standard InChI is InChI=1S/C26H22N4O2/c31-24(16-11-17-9-12-18(13-10-17)26(32)27-19-14-15-19)28-21-6-2-1-5-20(21)25-29-22-7-3-4-8-23(22)30-25/h1-13,16,19H,14-15H2,(H,27,32)(H,28,31)(H,29,30). The van der Waals surface area contributed by atoms with E-state index in [1.54, 1.807) is 18.2 Å². The first-order valence-electron chi connectivity index (χ1n) is 10.6. The fraction of sp³-hybridized carbons (Fsp3) is 0.115. The van der Waals surface area contributed by atoms with Crippen molar-refractivity contribution in [1.82, 2.24) is 15.3 Å². The molecule has 0 bridgehead atoms. The Balaban J connectivity index is 1.28. The van der Waals surface area contributed by atoms with Crippen LogP contribution in [-0.2, 0) is 4.79 Å². The minimum atomic E-state index is -0.246. The van der Waals surface area contributed by atoms with E-state index < -0.39 is 0 Å². The fourth-order valence-corrected chi connectivity index (χ4v) is 3.47. The van der Waals surface area contributed by atoms with Gasteiger partial charge in [-0.1, -0.05) is 36.4 Å². The molecule has 1 saturated carbocycles. The smallest absolute Gasteiger partial charge is 0.251 e. The van der Waals surface area contributed by atoms with Crippen molar-refractivity contribution in [2.75, 3.05) is 5.32 Å². The van der Waals surface area contributed by atoms with Gasteiger partial charge in [-0.3, -0.25) is 9.59 Å². The second kappa shape index (κ2) is 8.51. The number of anilines is 1. The second-order valence-corrected chi connectivity index (χ2v) is 7.84. The van der Waals surface area contributed by atoms with Crippen LogP contribution in [0.3, 0.4) is 0 Å².